The maximum atomic E-state index is 13.1. The zero-order chi connectivity index (χ0) is 23.2. The minimum absolute atomic E-state index is 0.157. The zero-order valence-electron chi connectivity index (χ0n) is 19.3. The molecule has 0 bridgehead atoms. The van der Waals surface area contributed by atoms with E-state index in [2.05, 4.69) is 34.5 Å². The number of aromatic nitrogens is 1. The summed E-state index contributed by atoms with van der Waals surface area (Å²) in [6, 6.07) is 16.0. The fraction of sp³-hybridized carbons (Fsp3) is 0.385. The molecule has 1 saturated heterocycles. The number of fused-ring (bicyclic) bond motifs is 1. The molecule has 1 amide bonds. The van der Waals surface area contributed by atoms with E-state index in [-0.39, 0.29) is 23.5 Å². The summed E-state index contributed by atoms with van der Waals surface area (Å²) in [7, 11) is 1.58. The molecule has 0 radical (unpaired) electrons. The van der Waals surface area contributed by atoms with Gasteiger partial charge in [-0.2, -0.15) is 0 Å². The van der Waals surface area contributed by atoms with Gasteiger partial charge in [0, 0.05) is 51.6 Å². The second-order valence-electron chi connectivity index (χ2n) is 8.34. The Bertz CT molecular complexity index is 1180. The van der Waals surface area contributed by atoms with Gasteiger partial charge >= 0.3 is 0 Å². The molecule has 2 heterocycles. The predicted octanol–water partition coefficient (Wildman–Crippen LogP) is 2.57. The van der Waals surface area contributed by atoms with Crippen molar-refractivity contribution in [3.8, 4) is 0 Å². The molecule has 2 aromatic carbocycles. The maximum Gasteiger partial charge on any atom is 0.257 e. The van der Waals surface area contributed by atoms with Gasteiger partial charge in [0.15, 0.2) is 5.43 Å². The number of amides is 1. The average Bonchev–Trinajstić information content (AvgIpc) is 2.82. The second-order valence-corrected chi connectivity index (χ2v) is 8.34. The number of hydrogen-bond donors (Lipinski definition) is 1. The molecule has 1 aliphatic rings. The number of methoxy groups -OCH3 is 1. The number of rotatable bonds is 8. The van der Waals surface area contributed by atoms with Crippen LogP contribution >= 0.6 is 0 Å². The fourth-order valence-corrected chi connectivity index (χ4v) is 4.42. The molecule has 7 nitrogen and oxygen atoms in total. The third kappa shape index (κ3) is 5.33. The summed E-state index contributed by atoms with van der Waals surface area (Å²) in [6.07, 6.45) is 0. The van der Waals surface area contributed by atoms with Crippen molar-refractivity contribution in [2.24, 2.45) is 0 Å². The lowest BCUT2D eigenvalue weighted by atomic mass is 10.0. The number of nitrogens with zero attached hydrogens (tertiary/aromatic N) is 2. The van der Waals surface area contributed by atoms with Crippen molar-refractivity contribution in [2.75, 3.05) is 46.5 Å². The van der Waals surface area contributed by atoms with Crippen LogP contribution in [0.3, 0.4) is 0 Å². The van der Waals surface area contributed by atoms with Crippen molar-refractivity contribution in [3.05, 3.63) is 81.3 Å². The van der Waals surface area contributed by atoms with Gasteiger partial charge in [-0.1, -0.05) is 42.5 Å². The molecule has 1 fully saturated rings. The minimum atomic E-state index is -0.355. The van der Waals surface area contributed by atoms with Crippen LogP contribution in [0.1, 0.15) is 27.3 Å². The van der Waals surface area contributed by atoms with Crippen LogP contribution in [0, 0.1) is 6.92 Å². The topological polar surface area (TPSA) is 72.8 Å². The van der Waals surface area contributed by atoms with Crippen LogP contribution in [0.2, 0.25) is 0 Å². The van der Waals surface area contributed by atoms with Gasteiger partial charge < -0.3 is 19.4 Å². The summed E-state index contributed by atoms with van der Waals surface area (Å²) in [5.74, 6) is -0.355. The van der Waals surface area contributed by atoms with Crippen molar-refractivity contribution >= 4 is 16.7 Å². The molecule has 33 heavy (non-hydrogen) atoms. The quantitative estimate of drug-likeness (QED) is 0.572. The predicted molar refractivity (Wildman–Crippen MR) is 129 cm³/mol. The Hall–Kier alpha value is -3.00. The fourth-order valence-electron chi connectivity index (χ4n) is 4.42. The van der Waals surface area contributed by atoms with Crippen molar-refractivity contribution < 1.29 is 14.3 Å². The monoisotopic (exact) mass is 449 g/mol. The molecule has 0 atom stereocenters. The first kappa shape index (κ1) is 23.2. The van der Waals surface area contributed by atoms with Crippen LogP contribution in [-0.2, 0) is 22.6 Å². The summed E-state index contributed by atoms with van der Waals surface area (Å²) in [5.41, 5.74) is 2.39. The second kappa shape index (κ2) is 10.7. The Morgan fingerprint density at radius 1 is 1.12 bits per heavy atom. The lowest BCUT2D eigenvalue weighted by molar-refractivity contribution is 0.0383. The molecule has 0 saturated carbocycles. The van der Waals surface area contributed by atoms with Gasteiger partial charge in [-0.25, -0.2) is 0 Å². The highest BCUT2D eigenvalue weighted by Crippen LogP contribution is 2.21. The van der Waals surface area contributed by atoms with Gasteiger partial charge in [-0.15, -0.1) is 0 Å². The molecule has 4 rings (SSSR count). The first-order valence-corrected chi connectivity index (χ1v) is 11.4. The van der Waals surface area contributed by atoms with Gasteiger partial charge in [0.1, 0.15) is 5.56 Å². The number of benzene rings is 2. The van der Waals surface area contributed by atoms with Crippen LogP contribution in [0.5, 0.6) is 0 Å². The van der Waals surface area contributed by atoms with E-state index in [0.29, 0.717) is 32.0 Å². The highest BCUT2D eigenvalue weighted by Gasteiger charge is 2.21. The molecule has 7 heteroatoms. The lowest BCUT2D eigenvalue weighted by Gasteiger charge is -2.26. The van der Waals surface area contributed by atoms with E-state index in [1.165, 1.54) is 0 Å². The van der Waals surface area contributed by atoms with E-state index in [1.807, 2.05) is 29.7 Å². The van der Waals surface area contributed by atoms with Gasteiger partial charge in [-0.05, 0) is 23.3 Å². The summed E-state index contributed by atoms with van der Waals surface area (Å²) in [5, 5.41) is 5.24. The van der Waals surface area contributed by atoms with Gasteiger partial charge in [0.05, 0.1) is 25.5 Å². The largest absolute Gasteiger partial charge is 0.379 e. The third-order valence-corrected chi connectivity index (χ3v) is 6.16. The standard InChI is InChI=1S/C26H31N3O4/c1-19-16-24(30)25(26(31)27-10-11-28-12-14-33-15-13-28)23(18-32-2)29(19)17-21-8-5-7-20-6-3-4-9-22(20)21/h3-9,16H,10-15,17-18H2,1-2H3,(H,27,31). The van der Waals surface area contributed by atoms with E-state index >= 15 is 0 Å². The number of carbonyl (C=O) groups excluding carboxylic acids is 1. The van der Waals surface area contributed by atoms with E-state index < -0.39 is 0 Å². The highest BCUT2D eigenvalue weighted by atomic mass is 16.5. The molecule has 3 aromatic rings. The molecule has 0 spiro atoms. The minimum Gasteiger partial charge on any atom is -0.379 e. The van der Waals surface area contributed by atoms with Crippen LogP contribution in [0.4, 0.5) is 0 Å². The smallest absolute Gasteiger partial charge is 0.257 e. The molecule has 0 aliphatic carbocycles. The Morgan fingerprint density at radius 3 is 2.67 bits per heavy atom. The van der Waals surface area contributed by atoms with Crippen LogP contribution in [0.15, 0.2) is 53.3 Å². The lowest BCUT2D eigenvalue weighted by Crippen LogP contribution is -2.42. The molecular formula is C26H31N3O4. The van der Waals surface area contributed by atoms with Crippen molar-refractivity contribution in [1.82, 2.24) is 14.8 Å². The summed E-state index contributed by atoms with van der Waals surface area (Å²) >= 11 is 0. The van der Waals surface area contributed by atoms with Crippen molar-refractivity contribution in [1.29, 1.82) is 0 Å². The Morgan fingerprint density at radius 2 is 1.88 bits per heavy atom. The maximum absolute atomic E-state index is 13.1. The van der Waals surface area contributed by atoms with E-state index in [0.717, 1.165) is 41.7 Å². The molecule has 174 valence electrons. The molecule has 1 N–H and O–H groups in total. The van der Waals surface area contributed by atoms with Gasteiger partial charge in [0.2, 0.25) is 0 Å². The Kier molecular flexibility index (Phi) is 7.54. The Labute approximate surface area is 193 Å². The number of ether oxygens (including phenoxy) is 2. The number of hydrogen-bond acceptors (Lipinski definition) is 5. The Balaban J connectivity index is 1.63. The zero-order valence-corrected chi connectivity index (χ0v) is 19.3. The number of nitrogens with one attached hydrogen (secondary N) is 1. The van der Waals surface area contributed by atoms with E-state index in [1.54, 1.807) is 13.2 Å². The van der Waals surface area contributed by atoms with Crippen molar-refractivity contribution in [3.63, 3.8) is 0 Å². The number of carbonyl (C=O) groups is 1. The first-order valence-electron chi connectivity index (χ1n) is 11.4. The highest BCUT2D eigenvalue weighted by molar-refractivity contribution is 5.95. The molecular weight excluding hydrogens is 418 g/mol. The number of pyridine rings is 1. The van der Waals surface area contributed by atoms with Gasteiger partial charge in [0.25, 0.3) is 5.91 Å². The van der Waals surface area contributed by atoms with Crippen LogP contribution < -0.4 is 10.7 Å². The molecule has 0 unspecified atom stereocenters. The molecule has 1 aliphatic heterocycles. The van der Waals surface area contributed by atoms with Crippen molar-refractivity contribution in [2.45, 2.75) is 20.1 Å². The van der Waals surface area contributed by atoms with Crippen LogP contribution in [0.25, 0.3) is 10.8 Å². The number of morpholine rings is 1. The normalized spacial score (nSPS) is 14.5. The molecule has 1 aromatic heterocycles. The summed E-state index contributed by atoms with van der Waals surface area (Å²) in [4.78, 5) is 28.3. The third-order valence-electron chi connectivity index (χ3n) is 6.16. The van der Waals surface area contributed by atoms with E-state index in [4.69, 9.17) is 9.47 Å². The summed E-state index contributed by atoms with van der Waals surface area (Å²) in [6.45, 7) is 6.94. The van der Waals surface area contributed by atoms with E-state index in [9.17, 15) is 9.59 Å². The number of aryl methyl sites for hydroxylation is 1. The van der Waals surface area contributed by atoms with Crippen LogP contribution in [-0.4, -0.2) is 61.9 Å². The van der Waals surface area contributed by atoms with Gasteiger partial charge in [-0.3, -0.25) is 14.5 Å². The SMILES string of the molecule is COCc1c(C(=O)NCCN2CCOCC2)c(=O)cc(C)n1Cc1cccc2ccccc12. The first-order chi connectivity index (χ1) is 16.1. The summed E-state index contributed by atoms with van der Waals surface area (Å²) < 4.78 is 12.8. The average molecular weight is 450 g/mol.